The number of H-pyrrole nitrogens is 1. The van der Waals surface area contributed by atoms with Crippen molar-refractivity contribution < 1.29 is 30.7 Å². The monoisotopic (exact) mass is 389 g/mol. The first-order chi connectivity index (χ1) is 12.6. The van der Waals surface area contributed by atoms with E-state index >= 15 is 0 Å². The average molecular weight is 389 g/mol. The summed E-state index contributed by atoms with van der Waals surface area (Å²) >= 11 is 0. The molecule has 0 aliphatic carbocycles. The SMILES string of the molecule is Cc1[nH]c2ccccc2c1/C=N/Nc1c(F)c(F)c(C(F)(F)F)c(F)c1F. The minimum atomic E-state index is -5.60. The summed E-state index contributed by atoms with van der Waals surface area (Å²) in [6.07, 6.45) is -4.47. The Morgan fingerprint density at radius 3 is 2.15 bits per heavy atom. The summed E-state index contributed by atoms with van der Waals surface area (Å²) in [5.74, 6) is -9.56. The van der Waals surface area contributed by atoms with Crippen molar-refractivity contribution in [1.29, 1.82) is 0 Å². The second-order valence-electron chi connectivity index (χ2n) is 5.58. The van der Waals surface area contributed by atoms with E-state index in [2.05, 4.69) is 10.1 Å². The molecule has 0 amide bonds. The molecule has 0 spiro atoms. The van der Waals surface area contributed by atoms with E-state index in [4.69, 9.17) is 0 Å². The van der Waals surface area contributed by atoms with E-state index in [1.54, 1.807) is 36.6 Å². The zero-order chi connectivity index (χ0) is 19.9. The second kappa shape index (κ2) is 6.60. The summed E-state index contributed by atoms with van der Waals surface area (Å²) in [6.45, 7) is 1.69. The molecule has 0 radical (unpaired) electrons. The summed E-state index contributed by atoms with van der Waals surface area (Å²) in [5, 5.41) is 4.22. The molecule has 0 saturated heterocycles. The van der Waals surface area contributed by atoms with Crippen molar-refractivity contribution in [3.63, 3.8) is 0 Å². The third-order valence-electron chi connectivity index (χ3n) is 3.86. The molecule has 3 nitrogen and oxygen atoms in total. The molecular weight excluding hydrogens is 379 g/mol. The fourth-order valence-electron chi connectivity index (χ4n) is 2.60. The topological polar surface area (TPSA) is 40.2 Å². The standard InChI is InChI=1S/C17H10F7N3/c1-7-9(8-4-2-3-5-10(8)26-7)6-25-27-16-14(20)12(18)11(17(22,23)24)13(19)15(16)21/h2-6,26-27H,1H3/b25-6+. The number of aromatic amines is 1. The average Bonchev–Trinajstić information content (AvgIpc) is 2.90. The van der Waals surface area contributed by atoms with Crippen LogP contribution in [0.2, 0.25) is 0 Å². The van der Waals surface area contributed by atoms with E-state index in [9.17, 15) is 30.7 Å². The van der Waals surface area contributed by atoms with Crippen LogP contribution < -0.4 is 5.43 Å². The maximum atomic E-state index is 13.8. The van der Waals surface area contributed by atoms with Crippen molar-refractivity contribution in [3.8, 4) is 0 Å². The predicted molar refractivity (Wildman–Crippen MR) is 85.5 cm³/mol. The zero-order valence-corrected chi connectivity index (χ0v) is 13.5. The van der Waals surface area contributed by atoms with Crippen molar-refractivity contribution in [2.24, 2.45) is 5.10 Å². The molecule has 0 fully saturated rings. The van der Waals surface area contributed by atoms with Crippen molar-refractivity contribution in [2.45, 2.75) is 13.1 Å². The Morgan fingerprint density at radius 2 is 1.56 bits per heavy atom. The summed E-state index contributed by atoms with van der Waals surface area (Å²) in [6, 6.07) is 7.02. The zero-order valence-electron chi connectivity index (χ0n) is 13.5. The molecule has 142 valence electrons. The molecule has 1 aromatic heterocycles. The Bertz CT molecular complexity index is 1020. The maximum absolute atomic E-state index is 13.8. The lowest BCUT2D eigenvalue weighted by Crippen LogP contribution is -2.16. The minimum absolute atomic E-state index is 0.520. The number of hydrogen-bond donors (Lipinski definition) is 2. The quantitative estimate of drug-likeness (QED) is 0.264. The van der Waals surface area contributed by atoms with Crippen LogP contribution in [-0.2, 0) is 6.18 Å². The lowest BCUT2D eigenvalue weighted by atomic mass is 10.1. The number of benzene rings is 2. The molecule has 0 atom stereocenters. The number of para-hydroxylation sites is 1. The van der Waals surface area contributed by atoms with Crippen molar-refractivity contribution in [3.05, 3.63) is 64.4 Å². The normalized spacial score (nSPS) is 12.3. The van der Waals surface area contributed by atoms with Crippen molar-refractivity contribution >= 4 is 22.8 Å². The van der Waals surface area contributed by atoms with Crippen molar-refractivity contribution in [2.75, 3.05) is 5.43 Å². The molecule has 10 heteroatoms. The van der Waals surface area contributed by atoms with Gasteiger partial charge < -0.3 is 4.98 Å². The predicted octanol–water partition coefficient (Wildman–Crippen LogP) is 5.50. The first-order valence-electron chi connectivity index (χ1n) is 7.42. The third kappa shape index (κ3) is 3.22. The molecule has 0 aliphatic heterocycles. The minimum Gasteiger partial charge on any atom is -0.358 e. The van der Waals surface area contributed by atoms with Gasteiger partial charge in [0.2, 0.25) is 0 Å². The van der Waals surface area contributed by atoms with Crippen LogP contribution in [0.1, 0.15) is 16.8 Å². The molecule has 2 N–H and O–H groups in total. The van der Waals surface area contributed by atoms with Gasteiger partial charge in [0, 0.05) is 22.2 Å². The van der Waals surface area contributed by atoms with Gasteiger partial charge in [-0.25, -0.2) is 17.6 Å². The van der Waals surface area contributed by atoms with Gasteiger partial charge in [0.25, 0.3) is 0 Å². The van der Waals surface area contributed by atoms with E-state index in [1.165, 1.54) is 0 Å². The highest BCUT2D eigenvalue weighted by atomic mass is 19.4. The van der Waals surface area contributed by atoms with Gasteiger partial charge in [-0.05, 0) is 13.0 Å². The summed E-state index contributed by atoms with van der Waals surface area (Å²) in [5.41, 5.74) is -0.459. The van der Waals surface area contributed by atoms with Crippen LogP contribution in [0.25, 0.3) is 10.9 Å². The molecule has 0 bridgehead atoms. The van der Waals surface area contributed by atoms with E-state index in [1.807, 2.05) is 0 Å². The summed E-state index contributed by atoms with van der Waals surface area (Å²) in [4.78, 5) is 3.03. The number of hydrogen-bond acceptors (Lipinski definition) is 2. The fourth-order valence-corrected chi connectivity index (χ4v) is 2.60. The number of rotatable bonds is 3. The summed E-state index contributed by atoms with van der Waals surface area (Å²) in [7, 11) is 0. The number of hydrazone groups is 1. The van der Waals surface area contributed by atoms with Gasteiger partial charge in [-0.1, -0.05) is 18.2 Å². The smallest absolute Gasteiger partial charge is 0.358 e. The van der Waals surface area contributed by atoms with Gasteiger partial charge in [-0.2, -0.15) is 18.3 Å². The molecule has 2 aromatic carbocycles. The van der Waals surface area contributed by atoms with Gasteiger partial charge in [0.15, 0.2) is 23.3 Å². The maximum Gasteiger partial charge on any atom is 0.422 e. The Hall–Kier alpha value is -3.04. The number of nitrogens with one attached hydrogen (secondary N) is 2. The van der Waals surface area contributed by atoms with E-state index in [0.29, 0.717) is 16.6 Å². The van der Waals surface area contributed by atoms with Gasteiger partial charge in [-0.15, -0.1) is 0 Å². The van der Waals surface area contributed by atoms with Gasteiger partial charge in [0.05, 0.1) is 6.21 Å². The van der Waals surface area contributed by atoms with Crippen LogP contribution in [-0.4, -0.2) is 11.2 Å². The number of nitrogens with zero attached hydrogens (tertiary/aromatic N) is 1. The first kappa shape index (κ1) is 18.7. The molecule has 0 aliphatic rings. The largest absolute Gasteiger partial charge is 0.422 e. The van der Waals surface area contributed by atoms with E-state index < -0.39 is 40.7 Å². The Kier molecular flexibility index (Phi) is 4.58. The van der Waals surface area contributed by atoms with E-state index in [-0.39, 0.29) is 0 Å². The van der Waals surface area contributed by atoms with Gasteiger partial charge in [0.1, 0.15) is 11.3 Å². The molecule has 27 heavy (non-hydrogen) atoms. The van der Waals surface area contributed by atoms with E-state index in [0.717, 1.165) is 11.7 Å². The Labute approximate surface area is 147 Å². The van der Waals surface area contributed by atoms with Crippen molar-refractivity contribution in [1.82, 2.24) is 4.98 Å². The number of halogens is 7. The number of aromatic nitrogens is 1. The van der Waals surface area contributed by atoms with Crippen LogP contribution in [0.15, 0.2) is 29.4 Å². The van der Waals surface area contributed by atoms with Crippen LogP contribution in [0.5, 0.6) is 0 Å². The number of alkyl halides is 3. The van der Waals surface area contributed by atoms with Crippen LogP contribution in [0.4, 0.5) is 36.4 Å². The third-order valence-corrected chi connectivity index (χ3v) is 3.86. The Morgan fingerprint density at radius 1 is 0.963 bits per heavy atom. The lowest BCUT2D eigenvalue weighted by Gasteiger charge is -2.13. The van der Waals surface area contributed by atoms with Crippen LogP contribution in [0, 0.1) is 30.2 Å². The van der Waals surface area contributed by atoms with Crippen LogP contribution in [0.3, 0.4) is 0 Å². The highest BCUT2D eigenvalue weighted by Crippen LogP contribution is 2.38. The molecule has 3 aromatic rings. The summed E-state index contributed by atoms with van der Waals surface area (Å²) < 4.78 is 92.5. The van der Waals surface area contributed by atoms with Crippen LogP contribution >= 0.6 is 0 Å². The number of aryl methyl sites for hydroxylation is 1. The highest BCUT2D eigenvalue weighted by Gasteiger charge is 2.42. The molecule has 0 saturated carbocycles. The van der Waals surface area contributed by atoms with Gasteiger partial charge in [-0.3, -0.25) is 5.43 Å². The first-order valence-corrected chi connectivity index (χ1v) is 7.42. The molecule has 3 rings (SSSR count). The second-order valence-corrected chi connectivity index (χ2v) is 5.58. The lowest BCUT2D eigenvalue weighted by molar-refractivity contribution is -0.143. The fraction of sp³-hybridized carbons (Fsp3) is 0.118. The number of anilines is 1. The Balaban J connectivity index is 1.99. The molecule has 1 heterocycles. The molecular formula is C17H10F7N3. The number of fused-ring (bicyclic) bond motifs is 1. The van der Waals surface area contributed by atoms with Gasteiger partial charge >= 0.3 is 6.18 Å². The highest BCUT2D eigenvalue weighted by molar-refractivity contribution is 6.00. The molecule has 0 unspecified atom stereocenters.